The molecule has 1 rings (SSSR count). The van der Waals surface area contributed by atoms with Crippen molar-refractivity contribution < 1.29 is 0 Å². The van der Waals surface area contributed by atoms with Crippen LogP contribution in [-0.2, 0) is 6.42 Å². The zero-order valence-corrected chi connectivity index (χ0v) is 14.0. The highest BCUT2D eigenvalue weighted by Crippen LogP contribution is 2.15. The lowest BCUT2D eigenvalue weighted by atomic mass is 10.0. The molecule has 3 heteroatoms. The zero-order valence-electron chi connectivity index (χ0n) is 13.2. The Kier molecular flexibility index (Phi) is 7.60. The summed E-state index contributed by atoms with van der Waals surface area (Å²) in [5.74, 6) is 0.781. The molecule has 20 heavy (non-hydrogen) atoms. The van der Waals surface area contributed by atoms with Crippen molar-refractivity contribution in [3.63, 3.8) is 0 Å². The molecule has 112 valence electrons. The summed E-state index contributed by atoms with van der Waals surface area (Å²) in [6, 6.07) is 8.74. The van der Waals surface area contributed by atoms with Crippen LogP contribution >= 0.6 is 12.2 Å². The average molecular weight is 292 g/mol. The minimum atomic E-state index is 0.419. The van der Waals surface area contributed by atoms with Crippen LogP contribution in [-0.4, -0.2) is 11.2 Å². The maximum absolute atomic E-state index is 5.40. The molecule has 1 atom stereocenters. The minimum Gasteiger partial charge on any atom is -0.360 e. The molecule has 0 spiro atoms. The van der Waals surface area contributed by atoms with Crippen molar-refractivity contribution in [3.8, 4) is 0 Å². The van der Waals surface area contributed by atoms with Gasteiger partial charge >= 0.3 is 0 Å². The quantitative estimate of drug-likeness (QED) is 0.709. The van der Waals surface area contributed by atoms with Gasteiger partial charge in [-0.15, -0.1) is 0 Å². The van der Waals surface area contributed by atoms with Gasteiger partial charge in [0, 0.05) is 11.7 Å². The van der Waals surface area contributed by atoms with Crippen LogP contribution in [0.25, 0.3) is 0 Å². The number of hydrogen-bond acceptors (Lipinski definition) is 1. The highest BCUT2D eigenvalue weighted by molar-refractivity contribution is 7.80. The number of nitrogens with one attached hydrogen (secondary N) is 2. The zero-order chi connectivity index (χ0) is 15.0. The molecule has 2 N–H and O–H groups in total. The number of para-hydroxylation sites is 1. The maximum Gasteiger partial charge on any atom is 0.170 e. The topological polar surface area (TPSA) is 24.1 Å². The Morgan fingerprint density at radius 2 is 1.85 bits per heavy atom. The van der Waals surface area contributed by atoms with E-state index in [0.29, 0.717) is 6.04 Å². The lowest BCUT2D eigenvalue weighted by Crippen LogP contribution is -2.36. The van der Waals surface area contributed by atoms with E-state index in [4.69, 9.17) is 12.2 Å². The van der Waals surface area contributed by atoms with E-state index in [1.165, 1.54) is 18.4 Å². The third-order valence-corrected chi connectivity index (χ3v) is 3.66. The highest BCUT2D eigenvalue weighted by Gasteiger charge is 2.06. The van der Waals surface area contributed by atoms with E-state index >= 15 is 0 Å². The van der Waals surface area contributed by atoms with Gasteiger partial charge in [0.05, 0.1) is 0 Å². The second kappa shape index (κ2) is 8.96. The van der Waals surface area contributed by atoms with Crippen molar-refractivity contribution in [2.24, 2.45) is 5.92 Å². The highest BCUT2D eigenvalue weighted by atomic mass is 32.1. The van der Waals surface area contributed by atoms with Crippen LogP contribution in [0, 0.1) is 5.92 Å². The van der Waals surface area contributed by atoms with Crippen LogP contribution in [0.1, 0.15) is 52.5 Å². The van der Waals surface area contributed by atoms with Crippen molar-refractivity contribution in [2.45, 2.75) is 59.4 Å². The van der Waals surface area contributed by atoms with Gasteiger partial charge in [-0.05, 0) is 49.5 Å². The molecule has 0 amide bonds. The Labute approximate surface area is 129 Å². The fourth-order valence-corrected chi connectivity index (χ4v) is 2.55. The first-order valence-electron chi connectivity index (χ1n) is 7.68. The standard InChI is InChI=1S/C17H28N2S/c1-5-15-11-6-7-12-16(15)19-17(20)18-14(4)10-8-9-13(2)3/h6-7,11-14H,5,8-10H2,1-4H3,(H2,18,19,20)/t14-/m1/s1. The van der Waals surface area contributed by atoms with E-state index in [9.17, 15) is 0 Å². The fourth-order valence-electron chi connectivity index (χ4n) is 2.24. The lowest BCUT2D eigenvalue weighted by molar-refractivity contribution is 0.495. The summed E-state index contributed by atoms with van der Waals surface area (Å²) in [6.07, 6.45) is 4.70. The monoisotopic (exact) mass is 292 g/mol. The van der Waals surface area contributed by atoms with Gasteiger partial charge in [0.25, 0.3) is 0 Å². The molecule has 0 saturated carbocycles. The normalized spacial score (nSPS) is 12.2. The molecule has 0 aliphatic heterocycles. The van der Waals surface area contributed by atoms with Crippen LogP contribution in [0.3, 0.4) is 0 Å². The summed E-state index contributed by atoms with van der Waals surface area (Å²) in [7, 11) is 0. The number of aryl methyl sites for hydroxylation is 1. The number of benzene rings is 1. The van der Waals surface area contributed by atoms with Crippen molar-refractivity contribution >= 4 is 23.0 Å². The third kappa shape index (κ3) is 6.38. The molecule has 0 radical (unpaired) electrons. The molecule has 0 fully saturated rings. The predicted octanol–water partition coefficient (Wildman–Crippen LogP) is 4.75. The first-order valence-corrected chi connectivity index (χ1v) is 8.09. The van der Waals surface area contributed by atoms with Gasteiger partial charge in [-0.3, -0.25) is 0 Å². The summed E-state index contributed by atoms with van der Waals surface area (Å²) in [6.45, 7) is 8.89. The molecule has 0 saturated heterocycles. The van der Waals surface area contributed by atoms with Crippen molar-refractivity contribution in [2.75, 3.05) is 5.32 Å². The van der Waals surface area contributed by atoms with Crippen molar-refractivity contribution in [1.29, 1.82) is 0 Å². The molecule has 0 aromatic heterocycles. The van der Waals surface area contributed by atoms with E-state index in [1.54, 1.807) is 0 Å². The second-order valence-corrected chi connectivity index (χ2v) is 6.24. The summed E-state index contributed by atoms with van der Waals surface area (Å²) < 4.78 is 0. The van der Waals surface area contributed by atoms with E-state index in [0.717, 1.165) is 29.6 Å². The molecular formula is C17H28N2S. The number of anilines is 1. The number of rotatable bonds is 7. The Morgan fingerprint density at radius 3 is 2.50 bits per heavy atom. The first-order chi connectivity index (χ1) is 9.52. The average Bonchev–Trinajstić information content (AvgIpc) is 2.38. The van der Waals surface area contributed by atoms with Crippen LogP contribution < -0.4 is 10.6 Å². The van der Waals surface area contributed by atoms with E-state index in [2.05, 4.69) is 56.5 Å². The van der Waals surface area contributed by atoms with Crippen LogP contribution in [0.2, 0.25) is 0 Å². The van der Waals surface area contributed by atoms with Crippen molar-refractivity contribution in [1.82, 2.24) is 5.32 Å². The summed E-state index contributed by atoms with van der Waals surface area (Å²) in [5, 5.41) is 7.41. The largest absolute Gasteiger partial charge is 0.360 e. The van der Waals surface area contributed by atoms with Crippen molar-refractivity contribution in [3.05, 3.63) is 29.8 Å². The third-order valence-electron chi connectivity index (χ3n) is 3.44. The predicted molar refractivity (Wildman–Crippen MR) is 93.3 cm³/mol. The smallest absolute Gasteiger partial charge is 0.170 e. The molecular weight excluding hydrogens is 264 g/mol. The van der Waals surface area contributed by atoms with E-state index in [1.807, 2.05) is 6.07 Å². The van der Waals surface area contributed by atoms with Gasteiger partial charge in [-0.2, -0.15) is 0 Å². The van der Waals surface area contributed by atoms with Crippen LogP contribution in [0.4, 0.5) is 5.69 Å². The fraction of sp³-hybridized carbons (Fsp3) is 0.588. The lowest BCUT2D eigenvalue weighted by Gasteiger charge is -2.18. The molecule has 0 bridgehead atoms. The summed E-state index contributed by atoms with van der Waals surface area (Å²) in [5.41, 5.74) is 2.41. The Bertz CT molecular complexity index is 415. The number of hydrogen-bond donors (Lipinski definition) is 2. The Balaban J connectivity index is 2.39. The Morgan fingerprint density at radius 1 is 1.15 bits per heavy atom. The SMILES string of the molecule is CCc1ccccc1NC(=S)N[C@H](C)CCCC(C)C. The van der Waals surface area contributed by atoms with Crippen LogP contribution in [0.5, 0.6) is 0 Å². The van der Waals surface area contributed by atoms with E-state index < -0.39 is 0 Å². The number of thiocarbonyl (C=S) groups is 1. The first kappa shape index (κ1) is 17.0. The van der Waals surface area contributed by atoms with Crippen LogP contribution in [0.15, 0.2) is 24.3 Å². The molecule has 0 unspecified atom stereocenters. The van der Waals surface area contributed by atoms with Gasteiger partial charge in [0.1, 0.15) is 0 Å². The second-order valence-electron chi connectivity index (χ2n) is 5.83. The van der Waals surface area contributed by atoms with Gasteiger partial charge in [0.2, 0.25) is 0 Å². The molecule has 0 aliphatic carbocycles. The maximum atomic E-state index is 5.40. The Hall–Kier alpha value is -1.09. The summed E-state index contributed by atoms with van der Waals surface area (Å²) >= 11 is 5.40. The molecule has 1 aromatic rings. The van der Waals surface area contributed by atoms with Gasteiger partial charge in [0.15, 0.2) is 5.11 Å². The molecule has 1 aromatic carbocycles. The molecule has 2 nitrogen and oxygen atoms in total. The van der Waals surface area contributed by atoms with E-state index in [-0.39, 0.29) is 0 Å². The molecule has 0 aliphatic rings. The molecule has 0 heterocycles. The van der Waals surface area contributed by atoms with Gasteiger partial charge < -0.3 is 10.6 Å². The minimum absolute atomic E-state index is 0.419. The van der Waals surface area contributed by atoms with Gasteiger partial charge in [-0.1, -0.05) is 51.8 Å². The van der Waals surface area contributed by atoms with Gasteiger partial charge in [-0.25, -0.2) is 0 Å². The summed E-state index contributed by atoms with van der Waals surface area (Å²) in [4.78, 5) is 0.